The molecule has 2 aromatic rings. The van der Waals surface area contributed by atoms with Crippen molar-refractivity contribution >= 4 is 17.5 Å². The van der Waals surface area contributed by atoms with Crippen LogP contribution in [0, 0.1) is 0 Å². The van der Waals surface area contributed by atoms with E-state index in [-0.39, 0.29) is 17.6 Å². The Kier molecular flexibility index (Phi) is 4.20. The van der Waals surface area contributed by atoms with Crippen LogP contribution in [0.4, 0.5) is 5.69 Å². The van der Waals surface area contributed by atoms with Crippen LogP contribution in [-0.2, 0) is 4.74 Å². The van der Waals surface area contributed by atoms with Crippen LogP contribution in [-0.4, -0.2) is 43.0 Å². The van der Waals surface area contributed by atoms with Gasteiger partial charge in [0.05, 0.1) is 19.5 Å². The molecule has 6 heteroatoms. The first-order chi connectivity index (χ1) is 10.7. The molecule has 3 rings (SSSR count). The minimum atomic E-state index is -0.322. The van der Waals surface area contributed by atoms with Gasteiger partial charge >= 0.3 is 0 Å². The number of hydrogen-bond acceptors (Lipinski definition) is 4. The van der Waals surface area contributed by atoms with Crippen molar-refractivity contribution in [3.63, 3.8) is 0 Å². The van der Waals surface area contributed by atoms with Gasteiger partial charge in [0.2, 0.25) is 0 Å². The monoisotopic (exact) mass is 300 g/mol. The van der Waals surface area contributed by atoms with Crippen molar-refractivity contribution in [1.82, 2.24) is 4.90 Å². The van der Waals surface area contributed by atoms with Gasteiger partial charge < -0.3 is 19.4 Å². The Balaban J connectivity index is 1.64. The number of nitrogens with zero attached hydrogens (tertiary/aromatic N) is 1. The molecule has 1 N–H and O–H groups in total. The topological polar surface area (TPSA) is 71.8 Å². The predicted octanol–water partition coefficient (Wildman–Crippen LogP) is 2.00. The van der Waals surface area contributed by atoms with Crippen LogP contribution >= 0.6 is 0 Å². The maximum Gasteiger partial charge on any atom is 0.291 e. The van der Waals surface area contributed by atoms with Gasteiger partial charge in [-0.05, 0) is 36.4 Å². The molecule has 6 nitrogen and oxygen atoms in total. The van der Waals surface area contributed by atoms with Crippen LogP contribution < -0.4 is 5.32 Å². The summed E-state index contributed by atoms with van der Waals surface area (Å²) in [7, 11) is 0. The Morgan fingerprint density at radius 3 is 2.41 bits per heavy atom. The summed E-state index contributed by atoms with van der Waals surface area (Å²) in [6.45, 7) is 2.36. The molecule has 0 atom stereocenters. The molecule has 1 aromatic heterocycles. The lowest BCUT2D eigenvalue weighted by atomic mass is 10.1. The number of benzene rings is 1. The molecule has 1 aliphatic heterocycles. The lowest BCUT2D eigenvalue weighted by Gasteiger charge is -2.26. The van der Waals surface area contributed by atoms with Crippen LogP contribution in [0.2, 0.25) is 0 Å². The second kappa shape index (κ2) is 6.44. The number of carbonyl (C=O) groups excluding carboxylic acids is 2. The fourth-order valence-electron chi connectivity index (χ4n) is 2.25. The zero-order valence-corrected chi connectivity index (χ0v) is 12.0. The average molecular weight is 300 g/mol. The molecule has 2 amide bonds. The number of morpholine rings is 1. The highest BCUT2D eigenvalue weighted by Crippen LogP contribution is 2.14. The van der Waals surface area contributed by atoms with Gasteiger partial charge in [-0.3, -0.25) is 9.59 Å². The summed E-state index contributed by atoms with van der Waals surface area (Å²) in [4.78, 5) is 25.9. The summed E-state index contributed by atoms with van der Waals surface area (Å²) in [6.07, 6.45) is 1.44. The maximum absolute atomic E-state index is 12.3. The highest BCUT2D eigenvalue weighted by Gasteiger charge is 2.18. The second-order valence-electron chi connectivity index (χ2n) is 4.91. The van der Waals surface area contributed by atoms with Crippen molar-refractivity contribution in [3.8, 4) is 0 Å². The molecule has 1 aliphatic rings. The van der Waals surface area contributed by atoms with Gasteiger partial charge in [0.15, 0.2) is 5.76 Å². The van der Waals surface area contributed by atoms with E-state index in [0.717, 1.165) is 0 Å². The van der Waals surface area contributed by atoms with Gasteiger partial charge in [-0.2, -0.15) is 0 Å². The smallest absolute Gasteiger partial charge is 0.291 e. The van der Waals surface area contributed by atoms with Gasteiger partial charge in [-0.1, -0.05) is 0 Å². The standard InChI is InChI=1S/C16H16N2O4/c19-15(14-2-1-9-22-14)17-13-5-3-12(4-6-13)16(20)18-7-10-21-11-8-18/h1-6,9H,7-8,10-11H2,(H,17,19). The first-order valence-corrected chi connectivity index (χ1v) is 7.06. The Morgan fingerprint density at radius 2 is 1.77 bits per heavy atom. The summed E-state index contributed by atoms with van der Waals surface area (Å²) >= 11 is 0. The summed E-state index contributed by atoms with van der Waals surface area (Å²) in [5.41, 5.74) is 1.21. The van der Waals surface area contributed by atoms with Gasteiger partial charge in [0, 0.05) is 24.3 Å². The highest BCUT2D eigenvalue weighted by atomic mass is 16.5. The first kappa shape index (κ1) is 14.3. The molecule has 1 aromatic carbocycles. The van der Waals surface area contributed by atoms with Gasteiger partial charge in [-0.15, -0.1) is 0 Å². The molecule has 22 heavy (non-hydrogen) atoms. The van der Waals surface area contributed by atoms with Gasteiger partial charge in [0.1, 0.15) is 0 Å². The van der Waals surface area contributed by atoms with E-state index in [9.17, 15) is 9.59 Å². The maximum atomic E-state index is 12.3. The van der Waals surface area contributed by atoms with Crippen molar-refractivity contribution in [2.45, 2.75) is 0 Å². The van der Waals surface area contributed by atoms with Crippen molar-refractivity contribution in [2.75, 3.05) is 31.6 Å². The van der Waals surface area contributed by atoms with Crippen LogP contribution in [0.15, 0.2) is 47.1 Å². The van der Waals surface area contributed by atoms with E-state index in [1.165, 1.54) is 6.26 Å². The van der Waals surface area contributed by atoms with Gasteiger partial charge in [0.25, 0.3) is 11.8 Å². The quantitative estimate of drug-likeness (QED) is 0.941. The number of carbonyl (C=O) groups is 2. The minimum absolute atomic E-state index is 0.0211. The molecule has 0 radical (unpaired) electrons. The molecule has 2 heterocycles. The van der Waals surface area contributed by atoms with E-state index in [1.807, 2.05) is 0 Å². The summed E-state index contributed by atoms with van der Waals surface area (Å²) in [6, 6.07) is 10.1. The van der Waals surface area contributed by atoms with Crippen LogP contribution in [0.5, 0.6) is 0 Å². The van der Waals surface area contributed by atoms with Crippen LogP contribution in [0.25, 0.3) is 0 Å². The summed E-state index contributed by atoms with van der Waals surface area (Å²) in [5, 5.41) is 2.71. The SMILES string of the molecule is O=C(Nc1ccc(C(=O)N2CCOCC2)cc1)c1ccco1. The molecule has 0 spiro atoms. The third-order valence-corrected chi connectivity index (χ3v) is 3.43. The molecule has 0 bridgehead atoms. The number of anilines is 1. The number of hydrogen-bond donors (Lipinski definition) is 1. The zero-order valence-electron chi connectivity index (χ0n) is 12.0. The minimum Gasteiger partial charge on any atom is -0.459 e. The number of ether oxygens (including phenoxy) is 1. The van der Waals surface area contributed by atoms with Crippen LogP contribution in [0.3, 0.4) is 0 Å². The molecule has 0 aliphatic carbocycles. The third-order valence-electron chi connectivity index (χ3n) is 3.43. The first-order valence-electron chi connectivity index (χ1n) is 7.06. The predicted molar refractivity (Wildman–Crippen MR) is 79.8 cm³/mol. The molecular weight excluding hydrogens is 284 g/mol. The van der Waals surface area contributed by atoms with E-state index < -0.39 is 0 Å². The lowest BCUT2D eigenvalue weighted by Crippen LogP contribution is -2.40. The Labute approximate surface area is 127 Å². The van der Waals surface area contributed by atoms with Crippen molar-refractivity contribution in [3.05, 3.63) is 54.0 Å². The van der Waals surface area contributed by atoms with E-state index in [4.69, 9.17) is 9.15 Å². The summed E-state index contributed by atoms with van der Waals surface area (Å²) < 4.78 is 10.3. The number of amides is 2. The summed E-state index contributed by atoms with van der Waals surface area (Å²) in [5.74, 6) is -0.0991. The average Bonchev–Trinajstić information content (AvgIpc) is 3.10. The van der Waals surface area contributed by atoms with E-state index in [2.05, 4.69) is 5.32 Å². The van der Waals surface area contributed by atoms with E-state index in [1.54, 1.807) is 41.3 Å². The third kappa shape index (κ3) is 3.17. The zero-order chi connectivity index (χ0) is 15.4. The number of rotatable bonds is 3. The molecule has 1 fully saturated rings. The van der Waals surface area contributed by atoms with E-state index >= 15 is 0 Å². The molecule has 114 valence electrons. The molecule has 0 unspecified atom stereocenters. The highest BCUT2D eigenvalue weighted by molar-refractivity contribution is 6.02. The van der Waals surface area contributed by atoms with E-state index in [0.29, 0.717) is 37.6 Å². The van der Waals surface area contributed by atoms with Crippen LogP contribution in [0.1, 0.15) is 20.9 Å². The molecule has 1 saturated heterocycles. The molecule has 0 saturated carbocycles. The second-order valence-corrected chi connectivity index (χ2v) is 4.91. The van der Waals surface area contributed by atoms with Crippen molar-refractivity contribution in [2.24, 2.45) is 0 Å². The van der Waals surface area contributed by atoms with Crippen molar-refractivity contribution in [1.29, 1.82) is 0 Å². The normalized spacial score (nSPS) is 14.6. The fraction of sp³-hybridized carbons (Fsp3) is 0.250. The molecular formula is C16H16N2O4. The number of furan rings is 1. The number of nitrogens with one attached hydrogen (secondary N) is 1. The largest absolute Gasteiger partial charge is 0.459 e. The Morgan fingerprint density at radius 1 is 1.05 bits per heavy atom. The Bertz CT molecular complexity index is 643. The lowest BCUT2D eigenvalue weighted by molar-refractivity contribution is 0.0303. The van der Waals surface area contributed by atoms with Crippen molar-refractivity contribution < 1.29 is 18.7 Å². The fourth-order valence-corrected chi connectivity index (χ4v) is 2.25. The Hall–Kier alpha value is -2.60. The van der Waals surface area contributed by atoms with Gasteiger partial charge in [-0.25, -0.2) is 0 Å².